The summed E-state index contributed by atoms with van der Waals surface area (Å²) in [5, 5.41) is 7.24. The fourth-order valence-corrected chi connectivity index (χ4v) is 4.28. The summed E-state index contributed by atoms with van der Waals surface area (Å²) in [5.41, 5.74) is 13.3. The van der Waals surface area contributed by atoms with Gasteiger partial charge in [-0.3, -0.25) is 9.48 Å². The van der Waals surface area contributed by atoms with Gasteiger partial charge in [-0.1, -0.05) is 12.1 Å². The molecule has 1 atom stereocenters. The molecular weight excluding hydrogens is 409 g/mol. The number of nitrogen functional groups attached to an aromatic ring is 1. The highest BCUT2D eigenvalue weighted by molar-refractivity contribution is 6.07. The molecule has 0 bridgehead atoms. The minimum Gasteiger partial charge on any atom is -0.397 e. The average molecular weight is 438 g/mol. The van der Waals surface area contributed by atoms with Gasteiger partial charge >= 0.3 is 0 Å². The Morgan fingerprint density at radius 3 is 2.88 bits per heavy atom. The van der Waals surface area contributed by atoms with E-state index in [1.807, 2.05) is 7.05 Å². The number of pyridine rings is 1. The van der Waals surface area contributed by atoms with Crippen molar-refractivity contribution in [2.45, 2.75) is 19.3 Å². The molecule has 0 spiro atoms. The molecule has 1 aromatic carbocycles. The maximum atomic E-state index is 14.2. The summed E-state index contributed by atoms with van der Waals surface area (Å²) in [6.45, 7) is 2.41. The maximum absolute atomic E-state index is 14.2. The standard InChI is InChI=1S/C23H28FN7O/c1-30-23(31-12-4-5-15(14-31)10-11-25)20(13-27-30)29-22(32)21-18(26)8-9-19(28-21)16-6-2-3-7-17(16)24/h2-3,6-9,13,15H,4-5,10-12,14,25-26H2,1H3,(H,29,32). The molecule has 168 valence electrons. The van der Waals surface area contributed by atoms with Crippen molar-refractivity contribution in [1.82, 2.24) is 14.8 Å². The van der Waals surface area contributed by atoms with Crippen LogP contribution < -0.4 is 21.7 Å². The molecule has 32 heavy (non-hydrogen) atoms. The lowest BCUT2D eigenvalue weighted by Gasteiger charge is -2.34. The fourth-order valence-electron chi connectivity index (χ4n) is 4.28. The van der Waals surface area contributed by atoms with Gasteiger partial charge in [-0.05, 0) is 56.0 Å². The summed E-state index contributed by atoms with van der Waals surface area (Å²) in [5.74, 6) is 0.471. The van der Waals surface area contributed by atoms with Crippen molar-refractivity contribution >= 4 is 23.1 Å². The van der Waals surface area contributed by atoms with E-state index >= 15 is 0 Å². The maximum Gasteiger partial charge on any atom is 0.276 e. The van der Waals surface area contributed by atoms with E-state index in [1.165, 1.54) is 6.07 Å². The molecule has 4 rings (SSSR count). The van der Waals surface area contributed by atoms with Crippen molar-refractivity contribution in [2.24, 2.45) is 18.7 Å². The second-order valence-corrected chi connectivity index (χ2v) is 8.11. The number of carbonyl (C=O) groups excluding carboxylic acids is 1. The summed E-state index contributed by atoms with van der Waals surface area (Å²) in [4.78, 5) is 19.7. The SMILES string of the molecule is Cn1ncc(NC(=O)c2nc(-c3ccccc3F)ccc2N)c1N1CCCC(CCN)C1. The van der Waals surface area contributed by atoms with E-state index in [4.69, 9.17) is 11.5 Å². The van der Waals surface area contributed by atoms with Crippen LogP contribution in [0.3, 0.4) is 0 Å². The van der Waals surface area contributed by atoms with Crippen LogP contribution in [0.2, 0.25) is 0 Å². The molecule has 0 aliphatic carbocycles. The van der Waals surface area contributed by atoms with Crippen LogP contribution in [0.1, 0.15) is 29.8 Å². The number of piperidine rings is 1. The zero-order valence-corrected chi connectivity index (χ0v) is 18.1. The molecule has 0 radical (unpaired) electrons. The highest BCUT2D eigenvalue weighted by Crippen LogP contribution is 2.31. The Hall–Kier alpha value is -3.46. The lowest BCUT2D eigenvalue weighted by atomic mass is 9.95. The summed E-state index contributed by atoms with van der Waals surface area (Å²) in [7, 11) is 1.85. The number of aryl methyl sites for hydroxylation is 1. The number of rotatable bonds is 6. The van der Waals surface area contributed by atoms with E-state index in [1.54, 1.807) is 41.2 Å². The zero-order chi connectivity index (χ0) is 22.7. The normalized spacial score (nSPS) is 16.2. The number of nitrogens with two attached hydrogens (primary N) is 2. The van der Waals surface area contributed by atoms with Gasteiger partial charge in [0.05, 0.1) is 17.6 Å². The van der Waals surface area contributed by atoms with Gasteiger partial charge in [-0.2, -0.15) is 5.10 Å². The molecule has 8 nitrogen and oxygen atoms in total. The number of hydrogen-bond donors (Lipinski definition) is 3. The van der Waals surface area contributed by atoms with Gasteiger partial charge in [-0.25, -0.2) is 9.37 Å². The quantitative estimate of drug-likeness (QED) is 0.546. The summed E-state index contributed by atoms with van der Waals surface area (Å²) < 4.78 is 16.0. The van der Waals surface area contributed by atoms with E-state index in [0.29, 0.717) is 29.4 Å². The van der Waals surface area contributed by atoms with Crippen molar-refractivity contribution in [3.63, 3.8) is 0 Å². The smallest absolute Gasteiger partial charge is 0.276 e. The molecule has 0 saturated carbocycles. The number of amides is 1. The average Bonchev–Trinajstić information content (AvgIpc) is 3.15. The van der Waals surface area contributed by atoms with E-state index in [2.05, 4.69) is 20.3 Å². The highest BCUT2D eigenvalue weighted by atomic mass is 19.1. The lowest BCUT2D eigenvalue weighted by Crippen LogP contribution is -2.37. The van der Waals surface area contributed by atoms with Crippen LogP contribution in [0.5, 0.6) is 0 Å². The van der Waals surface area contributed by atoms with Crippen molar-refractivity contribution < 1.29 is 9.18 Å². The van der Waals surface area contributed by atoms with E-state index in [-0.39, 0.29) is 11.4 Å². The lowest BCUT2D eigenvalue weighted by molar-refractivity contribution is 0.102. The molecule has 5 N–H and O–H groups in total. The Kier molecular flexibility index (Phi) is 6.36. The second-order valence-electron chi connectivity index (χ2n) is 8.11. The summed E-state index contributed by atoms with van der Waals surface area (Å²) in [6, 6.07) is 9.46. The van der Waals surface area contributed by atoms with E-state index < -0.39 is 11.7 Å². The number of anilines is 3. The predicted octanol–water partition coefficient (Wildman–Crippen LogP) is 3.02. The van der Waals surface area contributed by atoms with Gasteiger partial charge in [0.15, 0.2) is 11.5 Å². The first-order valence-electron chi connectivity index (χ1n) is 10.8. The van der Waals surface area contributed by atoms with Crippen LogP contribution in [0, 0.1) is 11.7 Å². The second kappa shape index (κ2) is 9.35. The van der Waals surface area contributed by atoms with E-state index in [9.17, 15) is 9.18 Å². The Morgan fingerprint density at radius 1 is 1.28 bits per heavy atom. The predicted molar refractivity (Wildman–Crippen MR) is 124 cm³/mol. The molecule has 1 aliphatic rings. The van der Waals surface area contributed by atoms with Crippen LogP contribution >= 0.6 is 0 Å². The Labute approximate surface area is 186 Å². The third-order valence-corrected chi connectivity index (χ3v) is 5.84. The number of nitrogens with zero attached hydrogens (tertiary/aromatic N) is 4. The topological polar surface area (TPSA) is 115 Å². The molecule has 3 heterocycles. The molecule has 3 aromatic rings. The fraction of sp³-hybridized carbons (Fsp3) is 0.348. The number of benzene rings is 1. The minimum absolute atomic E-state index is 0.0419. The highest BCUT2D eigenvalue weighted by Gasteiger charge is 2.25. The number of nitrogens with one attached hydrogen (secondary N) is 1. The van der Waals surface area contributed by atoms with Crippen LogP contribution in [0.15, 0.2) is 42.6 Å². The van der Waals surface area contributed by atoms with Crippen molar-refractivity contribution in [1.29, 1.82) is 0 Å². The first-order valence-corrected chi connectivity index (χ1v) is 10.8. The number of hydrogen-bond acceptors (Lipinski definition) is 6. The van der Waals surface area contributed by atoms with Crippen molar-refractivity contribution in [3.05, 3.63) is 54.1 Å². The molecule has 1 unspecified atom stereocenters. The molecule has 1 amide bonds. The summed E-state index contributed by atoms with van der Waals surface area (Å²) in [6.07, 6.45) is 4.80. The Bertz CT molecular complexity index is 1110. The minimum atomic E-state index is -0.467. The largest absolute Gasteiger partial charge is 0.397 e. The molecule has 1 saturated heterocycles. The van der Waals surface area contributed by atoms with Crippen LogP contribution in [0.4, 0.5) is 21.6 Å². The van der Waals surface area contributed by atoms with Gasteiger partial charge < -0.3 is 21.7 Å². The van der Waals surface area contributed by atoms with Crippen molar-refractivity contribution in [2.75, 3.05) is 35.6 Å². The molecule has 9 heteroatoms. The van der Waals surface area contributed by atoms with Crippen LogP contribution in [-0.4, -0.2) is 40.3 Å². The third kappa shape index (κ3) is 4.43. The van der Waals surface area contributed by atoms with Gasteiger partial charge in [0.1, 0.15) is 11.5 Å². The van der Waals surface area contributed by atoms with Crippen molar-refractivity contribution in [3.8, 4) is 11.3 Å². The van der Waals surface area contributed by atoms with E-state index in [0.717, 1.165) is 38.2 Å². The van der Waals surface area contributed by atoms with Gasteiger partial charge in [-0.15, -0.1) is 0 Å². The molecule has 2 aromatic heterocycles. The number of carbonyl (C=O) groups is 1. The third-order valence-electron chi connectivity index (χ3n) is 5.84. The number of aromatic nitrogens is 3. The molecular formula is C23H28FN7O. The zero-order valence-electron chi connectivity index (χ0n) is 18.1. The van der Waals surface area contributed by atoms with Gasteiger partial charge in [0.25, 0.3) is 5.91 Å². The Morgan fingerprint density at radius 2 is 2.09 bits per heavy atom. The Balaban J connectivity index is 1.59. The van der Waals surface area contributed by atoms with Gasteiger partial charge in [0.2, 0.25) is 0 Å². The summed E-state index contributed by atoms with van der Waals surface area (Å²) >= 11 is 0. The number of halogens is 1. The molecule has 1 aliphatic heterocycles. The first-order chi connectivity index (χ1) is 15.5. The monoisotopic (exact) mass is 437 g/mol. The van der Waals surface area contributed by atoms with Gasteiger partial charge in [0, 0.05) is 25.7 Å². The van der Waals surface area contributed by atoms with Crippen LogP contribution in [-0.2, 0) is 7.05 Å². The molecule has 1 fully saturated rings. The van der Waals surface area contributed by atoms with Crippen LogP contribution in [0.25, 0.3) is 11.3 Å². The first kappa shape index (κ1) is 21.8.